The summed E-state index contributed by atoms with van der Waals surface area (Å²) in [5.41, 5.74) is 2.93. The summed E-state index contributed by atoms with van der Waals surface area (Å²) in [6, 6.07) is 15.7. The van der Waals surface area contributed by atoms with Crippen molar-refractivity contribution in [1.82, 2.24) is 20.2 Å². The van der Waals surface area contributed by atoms with Crippen molar-refractivity contribution in [2.45, 2.75) is 37.2 Å². The molecule has 3 heterocycles. The van der Waals surface area contributed by atoms with E-state index in [2.05, 4.69) is 39.2 Å². The lowest BCUT2D eigenvalue weighted by Crippen LogP contribution is -2.46. The standard InChI is InChI=1S/C28H32ClN5O3S/c1-2-3-9-30-27(35)22-6-4-5-21(14-22)18-38-28-31-25(29)16-26(32-28)34-12-10-33(11-13-34)17-20-7-8-23-24(15-20)37-19-36-23/h4-8,14-16H,2-3,9-13,17-19H2,1H3,(H,30,35). The van der Waals surface area contributed by atoms with E-state index in [0.717, 1.165) is 68.4 Å². The number of piperazine rings is 1. The first-order valence-corrected chi connectivity index (χ1v) is 14.3. The summed E-state index contributed by atoms with van der Waals surface area (Å²) in [5.74, 6) is 3.10. The van der Waals surface area contributed by atoms with Crippen molar-refractivity contribution in [3.63, 3.8) is 0 Å². The fourth-order valence-electron chi connectivity index (χ4n) is 4.48. The number of rotatable bonds is 10. The first-order valence-electron chi connectivity index (χ1n) is 13.0. The zero-order valence-electron chi connectivity index (χ0n) is 21.5. The highest BCUT2D eigenvalue weighted by molar-refractivity contribution is 7.98. The zero-order chi connectivity index (χ0) is 26.3. The number of nitrogens with one attached hydrogen (secondary N) is 1. The molecule has 0 spiro atoms. The van der Waals surface area contributed by atoms with Crippen LogP contribution in [-0.2, 0) is 12.3 Å². The van der Waals surface area contributed by atoms with Gasteiger partial charge in [0.15, 0.2) is 16.7 Å². The second-order valence-electron chi connectivity index (χ2n) is 9.38. The van der Waals surface area contributed by atoms with Crippen molar-refractivity contribution in [2.24, 2.45) is 0 Å². The molecule has 0 bridgehead atoms. The molecular formula is C28H32ClN5O3S. The summed E-state index contributed by atoms with van der Waals surface area (Å²) in [7, 11) is 0. The molecule has 38 heavy (non-hydrogen) atoms. The third kappa shape index (κ3) is 6.89. The summed E-state index contributed by atoms with van der Waals surface area (Å²) >= 11 is 7.91. The number of aromatic nitrogens is 2. The number of ether oxygens (including phenoxy) is 2. The molecule has 1 amide bonds. The Kier molecular flexibility index (Phi) is 8.88. The Morgan fingerprint density at radius 2 is 1.87 bits per heavy atom. The maximum absolute atomic E-state index is 12.4. The Hall–Kier alpha value is -3.01. The number of benzene rings is 2. The molecule has 1 saturated heterocycles. The van der Waals surface area contributed by atoms with Gasteiger partial charge in [0, 0.05) is 56.7 Å². The van der Waals surface area contributed by atoms with Crippen molar-refractivity contribution in [1.29, 1.82) is 0 Å². The van der Waals surface area contributed by atoms with Gasteiger partial charge in [-0.1, -0.05) is 54.9 Å². The lowest BCUT2D eigenvalue weighted by Gasteiger charge is -2.35. The quantitative estimate of drug-likeness (QED) is 0.163. The molecule has 5 rings (SSSR count). The number of unbranched alkanes of at least 4 members (excludes halogenated alkanes) is 1. The molecule has 0 saturated carbocycles. The van der Waals surface area contributed by atoms with Gasteiger partial charge in [-0.3, -0.25) is 9.69 Å². The highest BCUT2D eigenvalue weighted by Crippen LogP contribution is 2.33. The van der Waals surface area contributed by atoms with E-state index in [9.17, 15) is 4.79 Å². The fourth-order valence-corrected chi connectivity index (χ4v) is 5.50. The minimum atomic E-state index is -0.0377. The van der Waals surface area contributed by atoms with E-state index < -0.39 is 0 Å². The van der Waals surface area contributed by atoms with Crippen LogP contribution in [-0.4, -0.2) is 60.3 Å². The van der Waals surface area contributed by atoms with Crippen molar-refractivity contribution >= 4 is 35.1 Å². The van der Waals surface area contributed by atoms with Crippen LogP contribution in [0, 0.1) is 0 Å². The van der Waals surface area contributed by atoms with Gasteiger partial charge in [0.25, 0.3) is 5.91 Å². The van der Waals surface area contributed by atoms with E-state index in [-0.39, 0.29) is 5.91 Å². The van der Waals surface area contributed by atoms with Crippen molar-refractivity contribution in [3.05, 3.63) is 70.4 Å². The molecule has 1 N–H and O–H groups in total. The third-order valence-electron chi connectivity index (χ3n) is 6.57. The number of carbonyl (C=O) groups is 1. The SMILES string of the molecule is CCCCNC(=O)c1cccc(CSc2nc(Cl)cc(N3CCN(Cc4ccc5c(c4)OCO5)CC3)n2)c1. The van der Waals surface area contributed by atoms with E-state index in [4.69, 9.17) is 26.1 Å². The number of hydrogen-bond donors (Lipinski definition) is 1. The molecular weight excluding hydrogens is 522 g/mol. The van der Waals surface area contributed by atoms with Crippen LogP contribution >= 0.6 is 23.4 Å². The van der Waals surface area contributed by atoms with Crippen molar-refractivity contribution in [2.75, 3.05) is 44.4 Å². The number of hydrogen-bond acceptors (Lipinski definition) is 8. The smallest absolute Gasteiger partial charge is 0.251 e. The summed E-state index contributed by atoms with van der Waals surface area (Å²) in [6.07, 6.45) is 2.03. The van der Waals surface area contributed by atoms with Gasteiger partial charge in [-0.25, -0.2) is 9.97 Å². The first kappa shape index (κ1) is 26.6. The van der Waals surface area contributed by atoms with E-state index in [1.165, 1.54) is 17.3 Å². The average molecular weight is 554 g/mol. The molecule has 200 valence electrons. The lowest BCUT2D eigenvalue weighted by atomic mass is 10.1. The van der Waals surface area contributed by atoms with Gasteiger partial charge < -0.3 is 19.7 Å². The summed E-state index contributed by atoms with van der Waals surface area (Å²) < 4.78 is 10.9. The van der Waals surface area contributed by atoms with Crippen LogP contribution in [0.4, 0.5) is 5.82 Å². The normalized spacial score (nSPS) is 15.1. The Morgan fingerprint density at radius 3 is 2.71 bits per heavy atom. The molecule has 0 aliphatic carbocycles. The molecule has 2 aliphatic heterocycles. The van der Waals surface area contributed by atoms with Crippen LogP contribution in [0.25, 0.3) is 0 Å². The van der Waals surface area contributed by atoms with Gasteiger partial charge in [-0.05, 0) is 41.8 Å². The van der Waals surface area contributed by atoms with E-state index in [1.807, 2.05) is 36.4 Å². The Balaban J connectivity index is 1.15. The number of nitrogens with zero attached hydrogens (tertiary/aromatic N) is 4. The van der Waals surface area contributed by atoms with Gasteiger partial charge >= 0.3 is 0 Å². The minimum Gasteiger partial charge on any atom is -0.454 e. The van der Waals surface area contributed by atoms with Crippen LogP contribution < -0.4 is 19.7 Å². The van der Waals surface area contributed by atoms with Gasteiger partial charge in [-0.15, -0.1) is 0 Å². The molecule has 2 aliphatic rings. The maximum Gasteiger partial charge on any atom is 0.251 e. The number of anilines is 1. The van der Waals surface area contributed by atoms with Crippen LogP contribution in [0.5, 0.6) is 11.5 Å². The molecule has 2 aromatic carbocycles. The summed E-state index contributed by atoms with van der Waals surface area (Å²) in [6.45, 7) is 7.52. The van der Waals surface area contributed by atoms with Gasteiger partial charge in [0.2, 0.25) is 6.79 Å². The predicted octanol–water partition coefficient (Wildman–Crippen LogP) is 5.00. The number of thioether (sulfide) groups is 1. The molecule has 0 atom stereocenters. The number of halogens is 1. The first-order chi connectivity index (χ1) is 18.6. The molecule has 8 nitrogen and oxygen atoms in total. The maximum atomic E-state index is 12.4. The fraction of sp³-hybridized carbons (Fsp3) is 0.393. The molecule has 10 heteroatoms. The predicted molar refractivity (Wildman–Crippen MR) is 150 cm³/mol. The number of carbonyl (C=O) groups excluding carboxylic acids is 1. The van der Waals surface area contributed by atoms with Crippen LogP contribution in [0.2, 0.25) is 5.15 Å². The lowest BCUT2D eigenvalue weighted by molar-refractivity contribution is 0.0953. The van der Waals surface area contributed by atoms with Crippen LogP contribution in [0.1, 0.15) is 41.3 Å². The monoisotopic (exact) mass is 553 g/mol. The van der Waals surface area contributed by atoms with Gasteiger partial charge in [0.1, 0.15) is 11.0 Å². The van der Waals surface area contributed by atoms with Crippen LogP contribution in [0.3, 0.4) is 0 Å². The van der Waals surface area contributed by atoms with E-state index in [1.54, 1.807) is 0 Å². The van der Waals surface area contributed by atoms with Crippen molar-refractivity contribution < 1.29 is 14.3 Å². The average Bonchev–Trinajstić information content (AvgIpc) is 3.40. The molecule has 0 unspecified atom stereocenters. The minimum absolute atomic E-state index is 0.0377. The van der Waals surface area contributed by atoms with Crippen molar-refractivity contribution in [3.8, 4) is 11.5 Å². The summed E-state index contributed by atoms with van der Waals surface area (Å²) in [5, 5.41) is 4.04. The second kappa shape index (κ2) is 12.7. The topological polar surface area (TPSA) is 79.8 Å². The molecule has 0 radical (unpaired) electrons. The van der Waals surface area contributed by atoms with Gasteiger partial charge in [0.05, 0.1) is 0 Å². The highest BCUT2D eigenvalue weighted by atomic mass is 35.5. The van der Waals surface area contributed by atoms with E-state index in [0.29, 0.717) is 35.0 Å². The van der Waals surface area contributed by atoms with Crippen LogP contribution in [0.15, 0.2) is 53.7 Å². The zero-order valence-corrected chi connectivity index (χ0v) is 23.1. The largest absolute Gasteiger partial charge is 0.454 e. The van der Waals surface area contributed by atoms with E-state index >= 15 is 0 Å². The molecule has 1 fully saturated rings. The Labute approximate surface area is 232 Å². The van der Waals surface area contributed by atoms with Gasteiger partial charge in [-0.2, -0.15) is 0 Å². The molecule has 1 aromatic heterocycles. The highest BCUT2D eigenvalue weighted by Gasteiger charge is 2.21. The number of fused-ring (bicyclic) bond motifs is 1. The Bertz CT molecular complexity index is 1270. The number of amides is 1. The summed E-state index contributed by atoms with van der Waals surface area (Å²) in [4.78, 5) is 26.3. The second-order valence-corrected chi connectivity index (χ2v) is 10.7. The third-order valence-corrected chi connectivity index (χ3v) is 7.69. The molecule has 3 aromatic rings. The Morgan fingerprint density at radius 1 is 1.03 bits per heavy atom.